The van der Waals surface area contributed by atoms with Crippen LogP contribution in [0.25, 0.3) is 0 Å². The van der Waals surface area contributed by atoms with Crippen molar-refractivity contribution in [1.29, 1.82) is 0 Å². The summed E-state index contributed by atoms with van der Waals surface area (Å²) in [5.74, 6) is 0. The van der Waals surface area contributed by atoms with Crippen molar-refractivity contribution in [2.24, 2.45) is 0 Å². The minimum atomic E-state index is 1.50. The molecule has 0 aliphatic rings. The van der Waals surface area contributed by atoms with Crippen LogP contribution < -0.4 is 0 Å². The summed E-state index contributed by atoms with van der Waals surface area (Å²) in [5.41, 5.74) is 0. The lowest BCUT2D eigenvalue weighted by atomic mass is 10.7. The number of hydrogen-bond acceptors (Lipinski definition) is 4. The van der Waals surface area contributed by atoms with E-state index in [1.165, 1.54) is 6.33 Å². The van der Waals surface area contributed by atoms with Gasteiger partial charge in [0.1, 0.15) is 6.33 Å². The van der Waals surface area contributed by atoms with E-state index in [2.05, 4.69) is 22.9 Å². The fourth-order valence-electron chi connectivity index (χ4n) is 0.253. The van der Waals surface area contributed by atoms with Gasteiger partial charge in [-0.15, -0.1) is 0 Å². The third-order valence-electron chi connectivity index (χ3n) is 0.478. The molecule has 0 aliphatic heterocycles. The van der Waals surface area contributed by atoms with Gasteiger partial charge in [0.2, 0.25) is 0 Å². The largest absolute Gasteiger partial charge is 0.333 e. The first-order chi connectivity index (χ1) is 4.00. The molecule has 0 saturated carbocycles. The molecule has 0 bridgehead atoms. The second-order valence-corrected chi connectivity index (χ2v) is 0.904. The summed E-state index contributed by atoms with van der Waals surface area (Å²) in [6.07, 6.45) is 4.88. The van der Waals surface area contributed by atoms with Crippen LogP contribution in [0.3, 0.4) is 0 Å². The monoisotopic (exact) mass is 130 g/mol. The van der Waals surface area contributed by atoms with Crippen LogP contribution in [-0.2, 0) is 0 Å². The van der Waals surface area contributed by atoms with Gasteiger partial charge >= 0.3 is 0 Å². The van der Waals surface area contributed by atoms with E-state index in [1.54, 1.807) is 18.5 Å². The predicted octanol–water partition coefficient (Wildman–Crippen LogP) is 0.866. The van der Waals surface area contributed by atoms with Crippen LogP contribution in [0, 0.1) is 0 Å². The van der Waals surface area contributed by atoms with E-state index in [0.717, 1.165) is 0 Å². The Kier molecular flexibility index (Phi) is 5.90. The maximum absolute atomic E-state index is 6.69. The van der Waals surface area contributed by atoms with Gasteiger partial charge < -0.3 is 4.55 Å². The number of rotatable bonds is 0. The van der Waals surface area contributed by atoms with Gasteiger partial charge in [-0.3, -0.25) is 0 Å². The lowest BCUT2D eigenvalue weighted by Crippen LogP contribution is -1.66. The van der Waals surface area contributed by atoms with Crippen LogP contribution in [0.5, 0.6) is 0 Å². The average Bonchev–Trinajstić information content (AvgIpc) is 1.96. The van der Waals surface area contributed by atoms with Crippen molar-refractivity contribution in [2.75, 3.05) is 0 Å². The van der Waals surface area contributed by atoms with Crippen molar-refractivity contribution < 1.29 is 4.55 Å². The first kappa shape index (κ1) is 7.39. The molecule has 0 fully saturated rings. The Morgan fingerprint density at radius 1 is 1.12 bits per heavy atom. The van der Waals surface area contributed by atoms with Gasteiger partial charge in [0, 0.05) is 12.4 Å². The normalized spacial score (nSPS) is 6.75. The summed E-state index contributed by atoms with van der Waals surface area (Å²) in [7, 11) is 0. The SMILES string of the molecule is OS.c1cncnc1. The lowest BCUT2D eigenvalue weighted by molar-refractivity contribution is 0.679. The molecule has 1 aromatic heterocycles. The van der Waals surface area contributed by atoms with E-state index in [-0.39, 0.29) is 0 Å². The van der Waals surface area contributed by atoms with Crippen LogP contribution in [-0.4, -0.2) is 14.5 Å². The third kappa shape index (κ3) is 3.58. The quantitative estimate of drug-likeness (QED) is 0.404. The van der Waals surface area contributed by atoms with Crippen molar-refractivity contribution in [3.8, 4) is 0 Å². The molecule has 0 atom stereocenters. The highest BCUT2D eigenvalue weighted by Gasteiger charge is 1.59. The second-order valence-electron chi connectivity index (χ2n) is 0.904. The molecular weight excluding hydrogens is 124 g/mol. The molecule has 1 rings (SSSR count). The van der Waals surface area contributed by atoms with Crippen molar-refractivity contribution in [1.82, 2.24) is 9.97 Å². The van der Waals surface area contributed by atoms with E-state index < -0.39 is 0 Å². The summed E-state index contributed by atoms with van der Waals surface area (Å²) < 4.78 is 6.69. The predicted molar refractivity (Wildman–Crippen MR) is 33.6 cm³/mol. The van der Waals surface area contributed by atoms with Gasteiger partial charge in [0.15, 0.2) is 0 Å². The average molecular weight is 130 g/mol. The molecule has 44 valence electrons. The van der Waals surface area contributed by atoms with E-state index >= 15 is 0 Å². The molecule has 1 aromatic rings. The number of aromatic nitrogens is 2. The van der Waals surface area contributed by atoms with Gasteiger partial charge in [-0.2, -0.15) is 0 Å². The summed E-state index contributed by atoms with van der Waals surface area (Å²) >= 11 is 2.53. The minimum absolute atomic E-state index is 1.50. The molecule has 4 heteroatoms. The molecule has 8 heavy (non-hydrogen) atoms. The smallest absolute Gasteiger partial charge is 0.115 e. The first-order valence-corrected chi connectivity index (χ1v) is 2.30. The fraction of sp³-hybridized carbons (Fsp3) is 0. The maximum Gasteiger partial charge on any atom is 0.115 e. The Balaban J connectivity index is 0.000000222. The molecule has 0 unspecified atom stereocenters. The molecular formula is C4H6N2OS. The summed E-state index contributed by atoms with van der Waals surface area (Å²) in [4.78, 5) is 7.35. The summed E-state index contributed by atoms with van der Waals surface area (Å²) in [6.45, 7) is 0. The highest BCUT2D eigenvalue weighted by Crippen LogP contribution is 1.66. The molecule has 0 spiro atoms. The summed E-state index contributed by atoms with van der Waals surface area (Å²) in [6, 6.07) is 1.78. The van der Waals surface area contributed by atoms with Crippen molar-refractivity contribution in [2.45, 2.75) is 0 Å². The Morgan fingerprint density at radius 3 is 1.75 bits per heavy atom. The van der Waals surface area contributed by atoms with E-state index in [0.29, 0.717) is 0 Å². The van der Waals surface area contributed by atoms with Gasteiger partial charge in [-0.05, 0) is 19.0 Å². The Labute approximate surface area is 53.0 Å². The molecule has 0 aliphatic carbocycles. The van der Waals surface area contributed by atoms with Crippen molar-refractivity contribution >= 4 is 12.9 Å². The molecule has 0 aromatic carbocycles. The number of nitrogens with zero attached hydrogens (tertiary/aromatic N) is 2. The highest BCUT2D eigenvalue weighted by atomic mass is 32.1. The van der Waals surface area contributed by atoms with E-state index in [1.807, 2.05) is 0 Å². The van der Waals surface area contributed by atoms with Gasteiger partial charge in [0.25, 0.3) is 0 Å². The Morgan fingerprint density at radius 2 is 1.62 bits per heavy atom. The minimum Gasteiger partial charge on any atom is -0.333 e. The van der Waals surface area contributed by atoms with Crippen molar-refractivity contribution in [3.05, 3.63) is 24.8 Å². The second kappa shape index (κ2) is 6.39. The van der Waals surface area contributed by atoms with Crippen LogP contribution >= 0.6 is 12.9 Å². The van der Waals surface area contributed by atoms with E-state index in [4.69, 9.17) is 4.55 Å². The van der Waals surface area contributed by atoms with E-state index in [9.17, 15) is 0 Å². The number of thiol groups is 1. The molecule has 0 saturated heterocycles. The van der Waals surface area contributed by atoms with Crippen LogP contribution in [0.4, 0.5) is 0 Å². The third-order valence-corrected chi connectivity index (χ3v) is 0.478. The van der Waals surface area contributed by atoms with Crippen LogP contribution in [0.1, 0.15) is 0 Å². The zero-order valence-electron chi connectivity index (χ0n) is 4.10. The Hall–Kier alpha value is -0.610. The molecule has 0 radical (unpaired) electrons. The topological polar surface area (TPSA) is 46.0 Å². The summed E-state index contributed by atoms with van der Waals surface area (Å²) in [5, 5.41) is 0. The first-order valence-electron chi connectivity index (χ1n) is 1.90. The zero-order valence-corrected chi connectivity index (χ0v) is 4.99. The van der Waals surface area contributed by atoms with Gasteiger partial charge in [-0.1, -0.05) is 0 Å². The maximum atomic E-state index is 6.69. The zero-order chi connectivity index (χ0) is 6.24. The molecule has 1 N–H and O–H groups in total. The highest BCUT2D eigenvalue weighted by molar-refractivity contribution is 7.74. The Bertz CT molecular complexity index is 86.0. The number of hydrogen-bond donors (Lipinski definition) is 2. The molecule has 0 amide bonds. The molecule has 1 heterocycles. The standard InChI is InChI=1S/C4H4N2.H2OS/c1-2-5-4-6-3-1;1-2/h1-4H;1-2H. The van der Waals surface area contributed by atoms with Crippen LogP contribution in [0.15, 0.2) is 24.8 Å². The van der Waals surface area contributed by atoms with Crippen LogP contribution in [0.2, 0.25) is 0 Å². The van der Waals surface area contributed by atoms with Gasteiger partial charge in [0.05, 0.1) is 0 Å². The molecule has 3 nitrogen and oxygen atoms in total. The lowest BCUT2D eigenvalue weighted by Gasteiger charge is -1.70. The van der Waals surface area contributed by atoms with Gasteiger partial charge in [-0.25, -0.2) is 9.97 Å². The fourth-order valence-corrected chi connectivity index (χ4v) is 0.253. The van der Waals surface area contributed by atoms with Crippen molar-refractivity contribution in [3.63, 3.8) is 0 Å².